The number of anilines is 2. The molecule has 0 saturated carbocycles. The topological polar surface area (TPSA) is 49.3 Å². The van der Waals surface area contributed by atoms with Crippen LogP contribution in [-0.2, 0) is 0 Å². The van der Waals surface area contributed by atoms with Crippen molar-refractivity contribution in [2.24, 2.45) is 0 Å². The summed E-state index contributed by atoms with van der Waals surface area (Å²) in [6.45, 7) is 0. The standard InChI is InChI=1S/C13H8F2INO2/c14-7-4-5-11(10(16)6-7)17-12-8(13(18)19)2-1-3-9(12)15/h1-6,17H,(H,18,19). The molecule has 0 radical (unpaired) electrons. The van der Waals surface area contributed by atoms with E-state index in [0.717, 1.165) is 6.07 Å². The van der Waals surface area contributed by atoms with Crippen molar-refractivity contribution < 1.29 is 18.7 Å². The highest BCUT2D eigenvalue weighted by atomic mass is 127. The second-order valence-electron chi connectivity index (χ2n) is 3.72. The van der Waals surface area contributed by atoms with Crippen molar-refractivity contribution in [1.82, 2.24) is 0 Å². The smallest absolute Gasteiger partial charge is 0.337 e. The summed E-state index contributed by atoms with van der Waals surface area (Å²) in [5, 5.41) is 11.7. The summed E-state index contributed by atoms with van der Waals surface area (Å²) in [4.78, 5) is 11.0. The molecule has 0 amide bonds. The Morgan fingerprint density at radius 3 is 2.58 bits per heavy atom. The highest BCUT2D eigenvalue weighted by molar-refractivity contribution is 14.1. The van der Waals surface area contributed by atoms with Gasteiger partial charge < -0.3 is 10.4 Å². The van der Waals surface area contributed by atoms with Gasteiger partial charge in [-0.05, 0) is 52.9 Å². The van der Waals surface area contributed by atoms with Crippen molar-refractivity contribution in [2.45, 2.75) is 0 Å². The van der Waals surface area contributed by atoms with E-state index < -0.39 is 17.6 Å². The number of nitrogens with one attached hydrogen (secondary N) is 1. The number of hydrogen-bond acceptors (Lipinski definition) is 2. The molecule has 3 nitrogen and oxygen atoms in total. The lowest BCUT2D eigenvalue weighted by atomic mass is 10.1. The van der Waals surface area contributed by atoms with E-state index in [-0.39, 0.29) is 11.3 Å². The molecule has 0 heterocycles. The van der Waals surface area contributed by atoms with E-state index in [1.165, 1.54) is 30.3 Å². The second-order valence-corrected chi connectivity index (χ2v) is 4.88. The first kappa shape index (κ1) is 13.7. The average Bonchev–Trinajstić information content (AvgIpc) is 2.34. The third-order valence-electron chi connectivity index (χ3n) is 2.43. The summed E-state index contributed by atoms with van der Waals surface area (Å²) in [5.41, 5.74) is 0.120. The number of carboxylic acids is 1. The van der Waals surface area contributed by atoms with Crippen LogP contribution in [0.25, 0.3) is 0 Å². The summed E-state index contributed by atoms with van der Waals surface area (Å²) >= 11 is 1.88. The molecule has 0 spiro atoms. The lowest BCUT2D eigenvalue weighted by molar-refractivity contribution is 0.0697. The monoisotopic (exact) mass is 375 g/mol. The normalized spacial score (nSPS) is 10.3. The fourth-order valence-corrected chi connectivity index (χ4v) is 2.17. The molecule has 19 heavy (non-hydrogen) atoms. The van der Waals surface area contributed by atoms with Crippen molar-refractivity contribution in [3.63, 3.8) is 0 Å². The van der Waals surface area contributed by atoms with Gasteiger partial charge in [0.05, 0.1) is 16.9 Å². The molecule has 0 unspecified atom stereocenters. The maximum Gasteiger partial charge on any atom is 0.337 e. The van der Waals surface area contributed by atoms with Gasteiger partial charge in [0.1, 0.15) is 11.6 Å². The molecule has 0 atom stereocenters. The van der Waals surface area contributed by atoms with Crippen LogP contribution in [0.1, 0.15) is 10.4 Å². The minimum atomic E-state index is -1.24. The fraction of sp³-hybridized carbons (Fsp3) is 0. The fourth-order valence-electron chi connectivity index (χ4n) is 1.55. The number of para-hydroxylation sites is 1. The first-order valence-corrected chi connectivity index (χ1v) is 6.31. The molecule has 2 N–H and O–H groups in total. The summed E-state index contributed by atoms with van der Waals surface area (Å²) < 4.78 is 27.2. The number of hydrogen-bond donors (Lipinski definition) is 2. The first-order valence-electron chi connectivity index (χ1n) is 5.23. The maximum atomic E-state index is 13.7. The molecule has 2 aromatic rings. The molecular formula is C13H8F2INO2. The number of carboxylic acid groups (broad SMARTS) is 1. The van der Waals surface area contributed by atoms with Crippen molar-refractivity contribution in [3.8, 4) is 0 Å². The zero-order valence-electron chi connectivity index (χ0n) is 9.45. The predicted molar refractivity (Wildman–Crippen MR) is 75.8 cm³/mol. The van der Waals surface area contributed by atoms with E-state index >= 15 is 0 Å². The number of carbonyl (C=O) groups is 1. The molecule has 0 aliphatic heterocycles. The van der Waals surface area contributed by atoms with Gasteiger partial charge in [0.2, 0.25) is 0 Å². The zero-order valence-corrected chi connectivity index (χ0v) is 11.6. The molecule has 0 aliphatic carbocycles. The van der Waals surface area contributed by atoms with Gasteiger partial charge in [-0.15, -0.1) is 0 Å². The molecular weight excluding hydrogens is 367 g/mol. The van der Waals surface area contributed by atoms with Gasteiger partial charge in [-0.3, -0.25) is 0 Å². The zero-order chi connectivity index (χ0) is 14.0. The third-order valence-corrected chi connectivity index (χ3v) is 3.33. The molecule has 0 fully saturated rings. The molecule has 0 saturated heterocycles. The van der Waals surface area contributed by atoms with Crippen LogP contribution < -0.4 is 5.32 Å². The van der Waals surface area contributed by atoms with Crippen LogP contribution in [0, 0.1) is 15.2 Å². The summed E-state index contributed by atoms with van der Waals surface area (Å²) in [6.07, 6.45) is 0. The lowest BCUT2D eigenvalue weighted by Gasteiger charge is -2.12. The number of benzene rings is 2. The Bertz CT molecular complexity index is 647. The largest absolute Gasteiger partial charge is 0.478 e. The summed E-state index contributed by atoms with van der Waals surface area (Å²) in [5.74, 6) is -2.33. The predicted octanol–water partition coefficient (Wildman–Crippen LogP) is 4.01. The molecule has 2 aromatic carbocycles. The number of rotatable bonds is 3. The molecule has 0 bridgehead atoms. The minimum Gasteiger partial charge on any atom is -0.478 e. The van der Waals surface area contributed by atoms with Crippen LogP contribution in [-0.4, -0.2) is 11.1 Å². The molecule has 2 rings (SSSR count). The Morgan fingerprint density at radius 1 is 1.21 bits per heavy atom. The highest BCUT2D eigenvalue weighted by Gasteiger charge is 2.15. The highest BCUT2D eigenvalue weighted by Crippen LogP contribution is 2.27. The van der Waals surface area contributed by atoms with Gasteiger partial charge in [0, 0.05) is 3.57 Å². The van der Waals surface area contributed by atoms with Gasteiger partial charge in [0.15, 0.2) is 0 Å². The van der Waals surface area contributed by atoms with Crippen LogP contribution in [0.5, 0.6) is 0 Å². The Kier molecular flexibility index (Phi) is 3.98. The molecule has 6 heteroatoms. The van der Waals surface area contributed by atoms with Gasteiger partial charge in [-0.25, -0.2) is 13.6 Å². The Morgan fingerprint density at radius 2 is 1.95 bits per heavy atom. The lowest BCUT2D eigenvalue weighted by Crippen LogP contribution is -2.05. The maximum absolute atomic E-state index is 13.7. The van der Waals surface area contributed by atoms with Crippen molar-refractivity contribution in [3.05, 3.63) is 57.2 Å². The Labute approximate surface area is 121 Å². The Hall–Kier alpha value is -1.70. The molecule has 0 aromatic heterocycles. The van der Waals surface area contributed by atoms with E-state index in [4.69, 9.17) is 5.11 Å². The van der Waals surface area contributed by atoms with Gasteiger partial charge in [-0.2, -0.15) is 0 Å². The summed E-state index contributed by atoms with van der Waals surface area (Å²) in [7, 11) is 0. The average molecular weight is 375 g/mol. The summed E-state index contributed by atoms with van der Waals surface area (Å²) in [6, 6.07) is 7.68. The quantitative estimate of drug-likeness (QED) is 0.798. The second kappa shape index (κ2) is 5.52. The van der Waals surface area contributed by atoms with Crippen molar-refractivity contribution in [1.29, 1.82) is 0 Å². The van der Waals surface area contributed by atoms with Crippen LogP contribution in [0.4, 0.5) is 20.2 Å². The van der Waals surface area contributed by atoms with Gasteiger partial charge >= 0.3 is 5.97 Å². The first-order chi connectivity index (χ1) is 8.99. The van der Waals surface area contributed by atoms with Crippen LogP contribution >= 0.6 is 22.6 Å². The van der Waals surface area contributed by atoms with E-state index in [9.17, 15) is 13.6 Å². The van der Waals surface area contributed by atoms with Crippen molar-refractivity contribution >= 4 is 39.9 Å². The van der Waals surface area contributed by atoms with E-state index in [2.05, 4.69) is 5.32 Å². The third kappa shape index (κ3) is 3.01. The molecule has 0 aliphatic rings. The minimum absolute atomic E-state index is 0.139. The SMILES string of the molecule is O=C(O)c1cccc(F)c1Nc1ccc(F)cc1I. The van der Waals surface area contributed by atoms with E-state index in [1.54, 1.807) is 0 Å². The van der Waals surface area contributed by atoms with Crippen LogP contribution in [0.3, 0.4) is 0 Å². The number of aromatic carboxylic acids is 1. The van der Waals surface area contributed by atoms with Gasteiger partial charge in [0.25, 0.3) is 0 Å². The van der Waals surface area contributed by atoms with E-state index in [1.807, 2.05) is 22.6 Å². The molecule has 98 valence electrons. The van der Waals surface area contributed by atoms with Crippen LogP contribution in [0.2, 0.25) is 0 Å². The van der Waals surface area contributed by atoms with Crippen LogP contribution in [0.15, 0.2) is 36.4 Å². The van der Waals surface area contributed by atoms with Gasteiger partial charge in [-0.1, -0.05) is 6.07 Å². The number of halogens is 3. The van der Waals surface area contributed by atoms with Crippen molar-refractivity contribution in [2.75, 3.05) is 5.32 Å². The van der Waals surface area contributed by atoms with E-state index in [0.29, 0.717) is 9.26 Å². The Balaban J connectivity index is 2.46.